The summed E-state index contributed by atoms with van der Waals surface area (Å²) in [6.07, 6.45) is 0.876. The van der Waals surface area contributed by atoms with E-state index in [1.165, 1.54) is 6.26 Å². The van der Waals surface area contributed by atoms with Crippen molar-refractivity contribution in [1.82, 2.24) is 9.80 Å². The minimum atomic E-state index is -0.601. The van der Waals surface area contributed by atoms with Crippen molar-refractivity contribution in [2.24, 2.45) is 0 Å². The van der Waals surface area contributed by atoms with E-state index in [-0.39, 0.29) is 11.8 Å². The van der Waals surface area contributed by atoms with Crippen LogP contribution in [0.5, 0.6) is 11.5 Å². The maximum atomic E-state index is 12.6. The van der Waals surface area contributed by atoms with Crippen LogP contribution in [0, 0.1) is 0 Å². The van der Waals surface area contributed by atoms with Crippen LogP contribution in [0.15, 0.2) is 47.1 Å². The lowest BCUT2D eigenvalue weighted by molar-refractivity contribution is -0.139. The average Bonchev–Trinajstić information content (AvgIpc) is 3.22. The molecule has 0 N–H and O–H groups in total. The summed E-state index contributed by atoms with van der Waals surface area (Å²) in [7, 11) is 1.60. The van der Waals surface area contributed by atoms with Gasteiger partial charge in [-0.2, -0.15) is 0 Å². The van der Waals surface area contributed by atoms with Crippen LogP contribution in [0.2, 0.25) is 0 Å². The molecule has 0 spiro atoms. The lowest BCUT2D eigenvalue weighted by Crippen LogP contribution is -2.53. The first-order valence-electron chi connectivity index (χ1n) is 8.51. The zero-order valence-corrected chi connectivity index (χ0v) is 14.9. The number of nitrogens with zero attached hydrogens (tertiary/aromatic N) is 2. The van der Waals surface area contributed by atoms with Crippen molar-refractivity contribution in [2.45, 2.75) is 13.0 Å². The molecule has 1 fully saturated rings. The van der Waals surface area contributed by atoms with Gasteiger partial charge >= 0.3 is 0 Å². The van der Waals surface area contributed by atoms with Gasteiger partial charge in [0.05, 0.1) is 13.4 Å². The number of hydrogen-bond acceptors (Lipinski definition) is 5. The molecular formula is C19H22N2O5. The zero-order valence-electron chi connectivity index (χ0n) is 14.9. The standard InChI is InChI=1S/C19H22N2O5/c1-14(26-16-7-5-15(24-2)6-8-16)18(22)20-9-11-21(12-10-20)19(23)17-4-3-13-25-17/h3-8,13-14H,9-12H2,1-2H3. The number of hydrogen-bond donors (Lipinski definition) is 0. The molecule has 1 saturated heterocycles. The molecule has 26 heavy (non-hydrogen) atoms. The zero-order chi connectivity index (χ0) is 18.5. The summed E-state index contributed by atoms with van der Waals surface area (Å²) < 4.78 is 16.0. The summed E-state index contributed by atoms with van der Waals surface area (Å²) in [5, 5.41) is 0. The predicted molar refractivity (Wildman–Crippen MR) is 94.3 cm³/mol. The lowest BCUT2D eigenvalue weighted by Gasteiger charge is -2.35. The maximum absolute atomic E-state index is 12.6. The fourth-order valence-corrected chi connectivity index (χ4v) is 2.85. The Labute approximate surface area is 152 Å². The minimum Gasteiger partial charge on any atom is -0.497 e. The summed E-state index contributed by atoms with van der Waals surface area (Å²) in [5.74, 6) is 1.42. The van der Waals surface area contributed by atoms with Crippen LogP contribution in [0.3, 0.4) is 0 Å². The van der Waals surface area contributed by atoms with Crippen LogP contribution in [-0.4, -0.2) is 61.0 Å². The molecule has 0 aliphatic carbocycles. The Kier molecular flexibility index (Phi) is 5.46. The van der Waals surface area contributed by atoms with E-state index in [0.29, 0.717) is 37.7 Å². The van der Waals surface area contributed by atoms with Gasteiger partial charge in [0.25, 0.3) is 11.8 Å². The monoisotopic (exact) mass is 358 g/mol. The number of benzene rings is 1. The van der Waals surface area contributed by atoms with Gasteiger partial charge in [0, 0.05) is 26.2 Å². The van der Waals surface area contributed by atoms with Crippen molar-refractivity contribution in [3.63, 3.8) is 0 Å². The summed E-state index contributed by atoms with van der Waals surface area (Å²) >= 11 is 0. The van der Waals surface area contributed by atoms with Crippen LogP contribution < -0.4 is 9.47 Å². The number of rotatable bonds is 5. The molecule has 3 rings (SSSR count). The number of amides is 2. The Bertz CT molecular complexity index is 734. The van der Waals surface area contributed by atoms with Crippen molar-refractivity contribution in [1.29, 1.82) is 0 Å². The Hall–Kier alpha value is -2.96. The van der Waals surface area contributed by atoms with Crippen molar-refractivity contribution in [3.05, 3.63) is 48.4 Å². The van der Waals surface area contributed by atoms with E-state index in [4.69, 9.17) is 13.9 Å². The van der Waals surface area contributed by atoms with E-state index in [2.05, 4.69) is 0 Å². The van der Waals surface area contributed by atoms with Crippen molar-refractivity contribution < 1.29 is 23.5 Å². The lowest BCUT2D eigenvalue weighted by atomic mass is 10.2. The van der Waals surface area contributed by atoms with Gasteiger partial charge in [-0.15, -0.1) is 0 Å². The molecule has 7 heteroatoms. The fourth-order valence-electron chi connectivity index (χ4n) is 2.85. The van der Waals surface area contributed by atoms with E-state index >= 15 is 0 Å². The molecular weight excluding hydrogens is 336 g/mol. The highest BCUT2D eigenvalue weighted by atomic mass is 16.5. The quantitative estimate of drug-likeness (QED) is 0.818. The Morgan fingerprint density at radius 2 is 1.62 bits per heavy atom. The van der Waals surface area contributed by atoms with Crippen LogP contribution in [0.1, 0.15) is 17.5 Å². The van der Waals surface area contributed by atoms with E-state index in [1.807, 2.05) is 0 Å². The second kappa shape index (κ2) is 7.95. The highest BCUT2D eigenvalue weighted by Gasteiger charge is 2.29. The Morgan fingerprint density at radius 3 is 2.19 bits per heavy atom. The first-order chi connectivity index (χ1) is 12.6. The van der Waals surface area contributed by atoms with Crippen molar-refractivity contribution in [2.75, 3.05) is 33.3 Å². The molecule has 1 aromatic carbocycles. The third-order valence-corrected chi connectivity index (χ3v) is 4.33. The number of piperazine rings is 1. The Morgan fingerprint density at radius 1 is 1.00 bits per heavy atom. The van der Waals surface area contributed by atoms with Gasteiger partial charge in [-0.1, -0.05) is 0 Å². The number of methoxy groups -OCH3 is 1. The number of furan rings is 1. The highest BCUT2D eigenvalue weighted by Crippen LogP contribution is 2.19. The van der Waals surface area contributed by atoms with E-state index in [1.54, 1.807) is 60.2 Å². The van der Waals surface area contributed by atoms with Gasteiger partial charge in [-0.25, -0.2) is 0 Å². The first-order valence-corrected chi connectivity index (χ1v) is 8.51. The molecule has 2 aromatic rings. The predicted octanol–water partition coefficient (Wildman–Crippen LogP) is 2.04. The smallest absolute Gasteiger partial charge is 0.289 e. The molecule has 2 amide bonds. The number of carbonyl (C=O) groups excluding carboxylic acids is 2. The molecule has 1 atom stereocenters. The summed E-state index contributed by atoms with van der Waals surface area (Å²) in [6, 6.07) is 10.4. The van der Waals surface area contributed by atoms with Crippen molar-refractivity contribution >= 4 is 11.8 Å². The van der Waals surface area contributed by atoms with Crippen molar-refractivity contribution in [3.8, 4) is 11.5 Å². The van der Waals surface area contributed by atoms with Gasteiger partial charge in [0.1, 0.15) is 11.5 Å². The normalized spacial score (nSPS) is 15.5. The second-order valence-corrected chi connectivity index (χ2v) is 6.03. The largest absolute Gasteiger partial charge is 0.497 e. The maximum Gasteiger partial charge on any atom is 0.289 e. The molecule has 1 aliphatic rings. The first kappa shape index (κ1) is 17.8. The molecule has 0 bridgehead atoms. The highest BCUT2D eigenvalue weighted by molar-refractivity contribution is 5.91. The second-order valence-electron chi connectivity index (χ2n) is 6.03. The van der Waals surface area contributed by atoms with Crippen LogP contribution in [-0.2, 0) is 4.79 Å². The summed E-state index contributed by atoms with van der Waals surface area (Å²) in [6.45, 7) is 3.62. The third-order valence-electron chi connectivity index (χ3n) is 4.33. The van der Waals surface area contributed by atoms with Crippen LogP contribution >= 0.6 is 0 Å². The molecule has 7 nitrogen and oxygen atoms in total. The average molecular weight is 358 g/mol. The van der Waals surface area contributed by atoms with Crippen LogP contribution in [0.4, 0.5) is 0 Å². The number of ether oxygens (including phenoxy) is 2. The van der Waals surface area contributed by atoms with E-state index in [9.17, 15) is 9.59 Å². The fraction of sp³-hybridized carbons (Fsp3) is 0.368. The summed E-state index contributed by atoms with van der Waals surface area (Å²) in [4.78, 5) is 28.3. The summed E-state index contributed by atoms with van der Waals surface area (Å²) in [5.41, 5.74) is 0. The minimum absolute atomic E-state index is 0.0917. The third kappa shape index (κ3) is 3.99. The molecule has 1 aromatic heterocycles. The molecule has 0 radical (unpaired) electrons. The van der Waals surface area contributed by atoms with Crippen LogP contribution in [0.25, 0.3) is 0 Å². The number of carbonyl (C=O) groups is 2. The van der Waals surface area contributed by atoms with Gasteiger partial charge in [0.15, 0.2) is 11.9 Å². The van der Waals surface area contributed by atoms with Gasteiger partial charge in [0.2, 0.25) is 0 Å². The van der Waals surface area contributed by atoms with Gasteiger partial charge < -0.3 is 23.7 Å². The SMILES string of the molecule is COc1ccc(OC(C)C(=O)N2CCN(C(=O)c3ccco3)CC2)cc1. The topological polar surface area (TPSA) is 72.2 Å². The molecule has 138 valence electrons. The molecule has 1 aliphatic heterocycles. The molecule has 1 unspecified atom stereocenters. The van der Waals surface area contributed by atoms with E-state index in [0.717, 1.165) is 5.75 Å². The molecule has 2 heterocycles. The van der Waals surface area contributed by atoms with Gasteiger partial charge in [-0.3, -0.25) is 9.59 Å². The Balaban J connectivity index is 1.51. The molecule has 0 saturated carbocycles. The van der Waals surface area contributed by atoms with E-state index < -0.39 is 6.10 Å². The van der Waals surface area contributed by atoms with Gasteiger partial charge in [-0.05, 0) is 43.3 Å².